The number of aliphatic carboxylic acids is 1. The summed E-state index contributed by atoms with van der Waals surface area (Å²) < 4.78 is 0. The number of carbonyl (C=O) groups is 1. The van der Waals surface area contributed by atoms with Gasteiger partial charge in [0, 0.05) is 5.92 Å². The molecule has 0 aromatic rings. The average Bonchev–Trinajstić information content (AvgIpc) is 1.96. The summed E-state index contributed by atoms with van der Waals surface area (Å²) in [4.78, 5) is 9.96. The van der Waals surface area contributed by atoms with E-state index in [1.54, 1.807) is 0 Å². The SMILES string of the molecule is CC(C)CCC(O)C#CC(=O)O. The van der Waals surface area contributed by atoms with Gasteiger partial charge in [0.1, 0.15) is 6.10 Å². The second-order valence-electron chi connectivity index (χ2n) is 3.06. The van der Waals surface area contributed by atoms with E-state index in [9.17, 15) is 4.79 Å². The first kappa shape index (κ1) is 11.0. The first-order valence-corrected chi connectivity index (χ1v) is 3.95. The molecule has 0 radical (unpaired) electrons. The van der Waals surface area contributed by atoms with Crippen LogP contribution in [-0.4, -0.2) is 22.3 Å². The molecular formula is C9H14O3. The fourth-order valence-corrected chi connectivity index (χ4v) is 0.708. The summed E-state index contributed by atoms with van der Waals surface area (Å²) in [6.07, 6.45) is 0.594. The van der Waals surface area contributed by atoms with E-state index in [0.29, 0.717) is 12.3 Å². The summed E-state index contributed by atoms with van der Waals surface area (Å²) in [5, 5.41) is 17.3. The Hall–Kier alpha value is -1.01. The van der Waals surface area contributed by atoms with E-state index in [0.717, 1.165) is 6.42 Å². The lowest BCUT2D eigenvalue weighted by molar-refractivity contribution is -0.130. The standard InChI is InChI=1S/C9H14O3/c1-7(2)3-4-8(10)5-6-9(11)12/h7-8,10H,3-4H2,1-2H3,(H,11,12). The van der Waals surface area contributed by atoms with Crippen molar-refractivity contribution in [1.29, 1.82) is 0 Å². The molecule has 3 heteroatoms. The van der Waals surface area contributed by atoms with Crippen molar-refractivity contribution in [2.24, 2.45) is 5.92 Å². The van der Waals surface area contributed by atoms with E-state index in [1.807, 2.05) is 19.8 Å². The second-order valence-corrected chi connectivity index (χ2v) is 3.06. The Morgan fingerprint density at radius 1 is 1.42 bits per heavy atom. The van der Waals surface area contributed by atoms with Gasteiger partial charge in [-0.15, -0.1) is 0 Å². The topological polar surface area (TPSA) is 57.5 Å². The molecule has 0 fully saturated rings. The molecule has 0 heterocycles. The highest BCUT2D eigenvalue weighted by atomic mass is 16.4. The van der Waals surface area contributed by atoms with E-state index in [-0.39, 0.29) is 0 Å². The molecule has 0 bridgehead atoms. The van der Waals surface area contributed by atoms with Crippen LogP contribution in [0.3, 0.4) is 0 Å². The molecule has 0 amide bonds. The molecule has 0 aliphatic carbocycles. The van der Waals surface area contributed by atoms with Gasteiger partial charge in [0.15, 0.2) is 0 Å². The number of aliphatic hydroxyl groups is 1. The Morgan fingerprint density at radius 2 is 2.00 bits per heavy atom. The predicted octanol–water partition coefficient (Wildman–Crippen LogP) is 0.871. The van der Waals surface area contributed by atoms with Gasteiger partial charge in [-0.25, -0.2) is 4.79 Å². The Labute approximate surface area is 72.4 Å². The maximum atomic E-state index is 9.96. The van der Waals surface area contributed by atoms with Crippen LogP contribution < -0.4 is 0 Å². The maximum Gasteiger partial charge on any atom is 0.381 e. The summed E-state index contributed by atoms with van der Waals surface area (Å²) in [6.45, 7) is 4.08. The van der Waals surface area contributed by atoms with Crippen molar-refractivity contribution >= 4 is 5.97 Å². The fraction of sp³-hybridized carbons (Fsp3) is 0.667. The van der Waals surface area contributed by atoms with Crippen LogP contribution in [-0.2, 0) is 4.79 Å². The van der Waals surface area contributed by atoms with Crippen molar-refractivity contribution < 1.29 is 15.0 Å². The molecule has 1 atom stereocenters. The third kappa shape index (κ3) is 7.10. The lowest BCUT2D eigenvalue weighted by atomic mass is 10.1. The van der Waals surface area contributed by atoms with Gasteiger partial charge in [-0.2, -0.15) is 0 Å². The Bertz CT molecular complexity index is 198. The van der Waals surface area contributed by atoms with Crippen LogP contribution in [0, 0.1) is 17.8 Å². The number of hydrogen-bond donors (Lipinski definition) is 2. The van der Waals surface area contributed by atoms with Crippen molar-refractivity contribution in [2.45, 2.75) is 32.8 Å². The number of hydrogen-bond acceptors (Lipinski definition) is 2. The molecular weight excluding hydrogens is 156 g/mol. The third-order valence-electron chi connectivity index (χ3n) is 1.36. The van der Waals surface area contributed by atoms with Crippen LogP contribution in [0.15, 0.2) is 0 Å². The molecule has 0 aliphatic heterocycles. The van der Waals surface area contributed by atoms with Gasteiger partial charge in [0.25, 0.3) is 0 Å². The average molecular weight is 170 g/mol. The lowest BCUT2D eigenvalue weighted by Crippen LogP contribution is -2.05. The monoisotopic (exact) mass is 170 g/mol. The minimum absolute atomic E-state index is 0.506. The number of carboxylic acids is 1. The summed E-state index contributed by atoms with van der Waals surface area (Å²) in [5.74, 6) is 3.44. The van der Waals surface area contributed by atoms with Crippen molar-refractivity contribution in [1.82, 2.24) is 0 Å². The van der Waals surface area contributed by atoms with Gasteiger partial charge in [-0.3, -0.25) is 0 Å². The maximum absolute atomic E-state index is 9.96. The number of carboxylic acid groups (broad SMARTS) is 1. The fourth-order valence-electron chi connectivity index (χ4n) is 0.708. The smallest absolute Gasteiger partial charge is 0.381 e. The Kier molecular flexibility index (Phi) is 5.14. The molecule has 68 valence electrons. The molecule has 0 aromatic heterocycles. The van der Waals surface area contributed by atoms with Crippen molar-refractivity contribution in [3.8, 4) is 11.8 Å². The quantitative estimate of drug-likeness (QED) is 0.618. The van der Waals surface area contributed by atoms with E-state index in [4.69, 9.17) is 10.2 Å². The highest BCUT2D eigenvalue weighted by molar-refractivity contribution is 5.86. The lowest BCUT2D eigenvalue weighted by Gasteiger charge is -2.04. The van der Waals surface area contributed by atoms with Gasteiger partial charge >= 0.3 is 5.97 Å². The first-order valence-electron chi connectivity index (χ1n) is 3.95. The van der Waals surface area contributed by atoms with Crippen LogP contribution in [0.25, 0.3) is 0 Å². The van der Waals surface area contributed by atoms with Gasteiger partial charge in [-0.05, 0) is 18.8 Å². The molecule has 0 aliphatic rings. The minimum Gasteiger partial charge on any atom is -0.472 e. The van der Waals surface area contributed by atoms with E-state index in [2.05, 4.69) is 5.92 Å². The van der Waals surface area contributed by atoms with Crippen molar-refractivity contribution in [3.05, 3.63) is 0 Å². The Morgan fingerprint density at radius 3 is 2.42 bits per heavy atom. The van der Waals surface area contributed by atoms with Crippen molar-refractivity contribution in [3.63, 3.8) is 0 Å². The van der Waals surface area contributed by atoms with Gasteiger partial charge in [-0.1, -0.05) is 19.8 Å². The summed E-state index contributed by atoms with van der Waals surface area (Å²) in [6, 6.07) is 0. The minimum atomic E-state index is -1.20. The van der Waals surface area contributed by atoms with Crippen molar-refractivity contribution in [2.75, 3.05) is 0 Å². The number of aliphatic hydroxyl groups excluding tert-OH is 1. The van der Waals surface area contributed by atoms with Gasteiger partial charge < -0.3 is 10.2 Å². The number of rotatable bonds is 3. The molecule has 1 unspecified atom stereocenters. The van der Waals surface area contributed by atoms with Crippen LogP contribution in [0.4, 0.5) is 0 Å². The summed E-state index contributed by atoms with van der Waals surface area (Å²) in [5.41, 5.74) is 0. The molecule has 12 heavy (non-hydrogen) atoms. The van der Waals surface area contributed by atoms with Crippen LogP contribution >= 0.6 is 0 Å². The second kappa shape index (κ2) is 5.62. The molecule has 0 spiro atoms. The highest BCUT2D eigenvalue weighted by Gasteiger charge is 2.01. The third-order valence-corrected chi connectivity index (χ3v) is 1.36. The summed E-state index contributed by atoms with van der Waals surface area (Å²) in [7, 11) is 0. The van der Waals surface area contributed by atoms with E-state index < -0.39 is 12.1 Å². The van der Waals surface area contributed by atoms with Crippen LogP contribution in [0.1, 0.15) is 26.7 Å². The van der Waals surface area contributed by atoms with Gasteiger partial charge in [0.2, 0.25) is 0 Å². The van der Waals surface area contributed by atoms with Crippen LogP contribution in [0.2, 0.25) is 0 Å². The van der Waals surface area contributed by atoms with Crippen LogP contribution in [0.5, 0.6) is 0 Å². The molecule has 0 saturated heterocycles. The summed E-state index contributed by atoms with van der Waals surface area (Å²) >= 11 is 0. The molecule has 2 N–H and O–H groups in total. The molecule has 0 saturated carbocycles. The molecule has 0 rings (SSSR count). The Balaban J connectivity index is 3.68. The first-order chi connectivity index (χ1) is 5.52. The molecule has 3 nitrogen and oxygen atoms in total. The zero-order valence-electron chi connectivity index (χ0n) is 7.37. The normalized spacial score (nSPS) is 12.0. The molecule has 0 aromatic carbocycles. The zero-order chi connectivity index (χ0) is 9.56. The van der Waals surface area contributed by atoms with Gasteiger partial charge in [0.05, 0.1) is 0 Å². The zero-order valence-corrected chi connectivity index (χ0v) is 7.37. The van der Waals surface area contributed by atoms with E-state index >= 15 is 0 Å². The largest absolute Gasteiger partial charge is 0.472 e. The predicted molar refractivity (Wildman–Crippen MR) is 45.5 cm³/mol. The van der Waals surface area contributed by atoms with E-state index in [1.165, 1.54) is 0 Å². The highest BCUT2D eigenvalue weighted by Crippen LogP contribution is 2.05.